The minimum atomic E-state index is -0.0729. The first-order valence-electron chi connectivity index (χ1n) is 15.3. The maximum absolute atomic E-state index is 13.4. The van der Waals surface area contributed by atoms with E-state index in [9.17, 15) is 9.59 Å². The van der Waals surface area contributed by atoms with Crippen molar-refractivity contribution >= 4 is 18.1 Å². The zero-order valence-corrected chi connectivity index (χ0v) is 24.6. The minimum absolute atomic E-state index is 0.0729. The summed E-state index contributed by atoms with van der Waals surface area (Å²) in [5.41, 5.74) is 1.67. The molecule has 0 unspecified atom stereocenters. The van der Waals surface area contributed by atoms with E-state index in [-0.39, 0.29) is 11.9 Å². The molecule has 220 valence electrons. The summed E-state index contributed by atoms with van der Waals surface area (Å²) in [6.07, 6.45) is 20.5. The van der Waals surface area contributed by atoms with E-state index in [4.69, 9.17) is 9.47 Å². The van der Waals surface area contributed by atoms with Crippen molar-refractivity contribution in [1.82, 2.24) is 14.8 Å². The Kier molecular flexibility index (Phi) is 11.6. The van der Waals surface area contributed by atoms with E-state index >= 15 is 0 Å². The zero-order chi connectivity index (χ0) is 28.2. The van der Waals surface area contributed by atoms with Crippen molar-refractivity contribution in [1.29, 1.82) is 0 Å². The molecule has 2 saturated heterocycles. The molecule has 3 aliphatic heterocycles. The first kappa shape index (κ1) is 30.3. The maximum Gasteiger partial charge on any atom is 0.295 e. The second-order valence-corrected chi connectivity index (χ2v) is 11.7. The van der Waals surface area contributed by atoms with Crippen molar-refractivity contribution in [3.8, 4) is 0 Å². The molecule has 0 N–H and O–H groups in total. The molecule has 40 heavy (non-hydrogen) atoms. The van der Waals surface area contributed by atoms with Crippen LogP contribution in [-0.4, -0.2) is 79.1 Å². The highest BCUT2D eigenvalue weighted by atomic mass is 16.5. The van der Waals surface area contributed by atoms with Crippen LogP contribution < -0.4 is 4.90 Å². The van der Waals surface area contributed by atoms with E-state index in [2.05, 4.69) is 16.8 Å². The third kappa shape index (κ3) is 8.40. The summed E-state index contributed by atoms with van der Waals surface area (Å²) < 4.78 is 10.6. The Hall–Kier alpha value is -2.71. The molecule has 1 aliphatic carbocycles. The number of morpholine rings is 1. The first-order valence-corrected chi connectivity index (χ1v) is 15.3. The van der Waals surface area contributed by atoms with Gasteiger partial charge in [-0.25, -0.2) is 4.98 Å². The van der Waals surface area contributed by atoms with E-state index < -0.39 is 0 Å². The second kappa shape index (κ2) is 15.3. The summed E-state index contributed by atoms with van der Waals surface area (Å²) in [6, 6.07) is 4.15. The smallest absolute Gasteiger partial charge is 0.295 e. The monoisotopic (exact) mass is 552 g/mol. The third-order valence-corrected chi connectivity index (χ3v) is 9.04. The predicted octanol–water partition coefficient (Wildman–Crippen LogP) is 5.23. The molecule has 1 saturated carbocycles. The fraction of sp³-hybridized carbons (Fsp3) is 0.656. The van der Waals surface area contributed by atoms with Crippen molar-refractivity contribution in [2.45, 2.75) is 84.1 Å². The molecule has 4 aliphatic rings. The number of aryl methyl sites for hydroxylation is 1. The van der Waals surface area contributed by atoms with Gasteiger partial charge in [0.1, 0.15) is 5.82 Å². The van der Waals surface area contributed by atoms with Gasteiger partial charge in [0.2, 0.25) is 6.41 Å². The number of ether oxygens (including phenoxy) is 2. The Balaban J connectivity index is 0.000000398. The summed E-state index contributed by atoms with van der Waals surface area (Å²) in [5.74, 6) is 1.07. The minimum Gasteiger partial charge on any atom is -0.460 e. The van der Waals surface area contributed by atoms with E-state index in [0.29, 0.717) is 24.4 Å². The van der Waals surface area contributed by atoms with E-state index in [1.54, 1.807) is 11.2 Å². The van der Waals surface area contributed by atoms with Crippen LogP contribution in [0.2, 0.25) is 0 Å². The zero-order valence-electron chi connectivity index (χ0n) is 24.6. The fourth-order valence-corrected chi connectivity index (χ4v) is 6.28. The summed E-state index contributed by atoms with van der Waals surface area (Å²) in [5, 5.41) is 0. The number of amides is 2. The average Bonchev–Trinajstić information content (AvgIpc) is 3.03. The van der Waals surface area contributed by atoms with Gasteiger partial charge >= 0.3 is 0 Å². The number of hydrogen-bond donors (Lipinski definition) is 0. The Bertz CT molecular complexity index is 989. The summed E-state index contributed by atoms with van der Waals surface area (Å²) >= 11 is 0. The molecule has 0 atom stereocenters. The van der Waals surface area contributed by atoms with E-state index in [1.165, 1.54) is 51.5 Å². The van der Waals surface area contributed by atoms with Gasteiger partial charge in [0.25, 0.3) is 5.91 Å². The van der Waals surface area contributed by atoms with Crippen LogP contribution in [0.3, 0.4) is 0 Å². The summed E-state index contributed by atoms with van der Waals surface area (Å²) in [7, 11) is 0. The summed E-state index contributed by atoms with van der Waals surface area (Å²) in [4.78, 5) is 34.3. The molecule has 1 aromatic rings. The molecule has 1 aromatic heterocycles. The van der Waals surface area contributed by atoms with Gasteiger partial charge in [-0.1, -0.05) is 38.7 Å². The Morgan fingerprint density at radius 1 is 1.12 bits per heavy atom. The van der Waals surface area contributed by atoms with Gasteiger partial charge in [0.15, 0.2) is 5.76 Å². The molecular weight excluding hydrogens is 504 g/mol. The molecule has 0 spiro atoms. The number of nitrogens with zero attached hydrogens (tertiary/aromatic N) is 4. The van der Waals surface area contributed by atoms with Crippen LogP contribution in [0.15, 0.2) is 42.5 Å². The second-order valence-electron chi connectivity index (χ2n) is 11.7. The maximum atomic E-state index is 13.4. The lowest BCUT2D eigenvalue weighted by Crippen LogP contribution is -2.49. The molecule has 3 fully saturated rings. The van der Waals surface area contributed by atoms with Gasteiger partial charge < -0.3 is 19.3 Å². The molecule has 8 nitrogen and oxygen atoms in total. The standard InChI is InChI=1S/C27H39N3O2.C5H9NO2/c1-3-27(14-6-4-7-15-27)16-19-29-17-12-23(13-18-29)30(25-11-10-22(2)21-28-25)26(31)24-9-5-8-20-32-24;7-5-6-1-3-8-4-2-6/h8-11,20-21,23H,3-7,12-19H2,1-2H3;5H,1-4H2. The topological polar surface area (TPSA) is 75.2 Å². The number of rotatable bonds is 8. The lowest BCUT2D eigenvalue weighted by Gasteiger charge is -2.41. The van der Waals surface area contributed by atoms with Crippen LogP contribution in [0.25, 0.3) is 0 Å². The first-order chi connectivity index (χ1) is 19.5. The molecule has 2 amide bonds. The molecular formula is C32H48N4O4. The van der Waals surface area contributed by atoms with Gasteiger partial charge in [-0.2, -0.15) is 0 Å². The number of hydrogen-bond acceptors (Lipinski definition) is 6. The molecule has 8 heteroatoms. The van der Waals surface area contributed by atoms with Crippen molar-refractivity contribution in [2.75, 3.05) is 50.8 Å². The number of carbonyl (C=O) groups is 2. The number of carbonyl (C=O) groups excluding carboxylic acids is 2. The molecule has 4 heterocycles. The van der Waals surface area contributed by atoms with Crippen LogP contribution in [0.4, 0.5) is 5.82 Å². The number of aromatic nitrogens is 1. The Labute approximate surface area is 240 Å². The molecule has 5 rings (SSSR count). The van der Waals surface area contributed by atoms with Gasteiger partial charge in [-0.3, -0.25) is 14.5 Å². The van der Waals surface area contributed by atoms with E-state index in [0.717, 1.165) is 63.2 Å². The quantitative estimate of drug-likeness (QED) is 0.411. The SMILES string of the molecule is CCC1(CCN2CCC(N(C(=O)C3=CCC=CO3)c3ccc(C)cn3)CC2)CCCCC1.O=CN1CCOCC1. The highest BCUT2D eigenvalue weighted by Gasteiger charge is 2.34. The largest absolute Gasteiger partial charge is 0.460 e. The van der Waals surface area contributed by atoms with Crippen molar-refractivity contribution in [3.63, 3.8) is 0 Å². The van der Waals surface area contributed by atoms with Crippen LogP contribution in [-0.2, 0) is 19.1 Å². The number of allylic oxidation sites excluding steroid dienone is 2. The van der Waals surface area contributed by atoms with Gasteiger partial charge in [0.05, 0.1) is 19.5 Å². The molecule has 0 radical (unpaired) electrons. The van der Waals surface area contributed by atoms with Crippen LogP contribution in [0.5, 0.6) is 0 Å². The number of piperidine rings is 1. The highest BCUT2D eigenvalue weighted by Crippen LogP contribution is 2.42. The van der Waals surface area contributed by atoms with Crippen molar-refractivity contribution in [2.24, 2.45) is 5.41 Å². The van der Waals surface area contributed by atoms with Crippen LogP contribution in [0, 0.1) is 12.3 Å². The number of anilines is 1. The third-order valence-electron chi connectivity index (χ3n) is 9.04. The lowest BCUT2D eigenvalue weighted by atomic mass is 9.70. The summed E-state index contributed by atoms with van der Waals surface area (Å²) in [6.45, 7) is 10.6. The lowest BCUT2D eigenvalue weighted by molar-refractivity contribution is -0.122. The van der Waals surface area contributed by atoms with Crippen LogP contribution >= 0.6 is 0 Å². The van der Waals surface area contributed by atoms with Gasteiger partial charge in [0, 0.05) is 38.4 Å². The Morgan fingerprint density at radius 3 is 2.45 bits per heavy atom. The molecule has 0 aromatic carbocycles. The van der Waals surface area contributed by atoms with Crippen molar-refractivity contribution < 1.29 is 19.1 Å². The van der Waals surface area contributed by atoms with Crippen molar-refractivity contribution in [3.05, 3.63) is 48.1 Å². The predicted molar refractivity (Wildman–Crippen MR) is 158 cm³/mol. The normalized spacial score (nSPS) is 21.4. The average molecular weight is 553 g/mol. The fourth-order valence-electron chi connectivity index (χ4n) is 6.28. The van der Waals surface area contributed by atoms with Crippen LogP contribution in [0.1, 0.15) is 76.7 Å². The number of pyridine rings is 1. The van der Waals surface area contributed by atoms with Gasteiger partial charge in [-0.05, 0) is 81.2 Å². The van der Waals surface area contributed by atoms with Gasteiger partial charge in [-0.15, -0.1) is 0 Å². The molecule has 0 bridgehead atoms. The Morgan fingerprint density at radius 2 is 1.88 bits per heavy atom. The van der Waals surface area contributed by atoms with E-state index in [1.807, 2.05) is 42.3 Å². The number of likely N-dealkylation sites (tertiary alicyclic amines) is 1. The highest BCUT2D eigenvalue weighted by molar-refractivity contribution is 6.04.